The molecule has 0 saturated carbocycles. The molecule has 0 aliphatic heterocycles. The number of hydrogen-bond donors (Lipinski definition) is 2. The summed E-state index contributed by atoms with van der Waals surface area (Å²) in [5.41, 5.74) is 2.96. The van der Waals surface area contributed by atoms with E-state index in [9.17, 15) is 0 Å². The van der Waals surface area contributed by atoms with E-state index in [0.29, 0.717) is 0 Å². The van der Waals surface area contributed by atoms with Crippen molar-refractivity contribution in [2.24, 2.45) is 0 Å². The van der Waals surface area contributed by atoms with Crippen molar-refractivity contribution in [2.45, 2.75) is 4.90 Å². The highest BCUT2D eigenvalue weighted by Crippen LogP contribution is 2.30. The predicted octanol–water partition coefficient (Wildman–Crippen LogP) is 3.36. The first kappa shape index (κ1) is 9.37. The number of anilines is 1. The molecule has 0 saturated heterocycles. The third-order valence-electron chi connectivity index (χ3n) is 2.22. The average molecular weight is 205 g/mol. The normalized spacial score (nSPS) is 10.4. The highest BCUT2D eigenvalue weighted by atomic mass is 32.2. The zero-order valence-electron chi connectivity index (χ0n) is 7.82. The van der Waals surface area contributed by atoms with Crippen molar-refractivity contribution in [1.29, 1.82) is 0 Å². The van der Waals surface area contributed by atoms with Gasteiger partial charge in [0.25, 0.3) is 0 Å². The van der Waals surface area contributed by atoms with E-state index < -0.39 is 0 Å². The molecular weight excluding hydrogens is 194 g/mol. The summed E-state index contributed by atoms with van der Waals surface area (Å²) in [5, 5.41) is 11.2. The van der Waals surface area contributed by atoms with Gasteiger partial charge in [-0.2, -0.15) is 0 Å². The molecule has 72 valence electrons. The summed E-state index contributed by atoms with van der Waals surface area (Å²) in [4.78, 5) is 1.22. The van der Waals surface area contributed by atoms with Crippen LogP contribution in [0, 0.1) is 0 Å². The molecule has 14 heavy (non-hydrogen) atoms. The first-order chi connectivity index (χ1) is 6.86. The molecule has 0 radical (unpaired) electrons. The minimum atomic E-state index is 0.749. The molecule has 0 spiro atoms. The minimum absolute atomic E-state index is 0.749. The number of fused-ring (bicyclic) bond motifs is 1. The van der Waals surface area contributed by atoms with E-state index in [4.69, 9.17) is 5.21 Å². The molecule has 2 nitrogen and oxygen atoms in total. The van der Waals surface area contributed by atoms with Crippen LogP contribution in [0.2, 0.25) is 0 Å². The fourth-order valence-electron chi connectivity index (χ4n) is 1.56. The first-order valence-electron chi connectivity index (χ1n) is 4.32. The van der Waals surface area contributed by atoms with E-state index >= 15 is 0 Å². The summed E-state index contributed by atoms with van der Waals surface area (Å²) < 4.78 is 0. The van der Waals surface area contributed by atoms with Crippen molar-refractivity contribution in [3.63, 3.8) is 0 Å². The van der Waals surface area contributed by atoms with Gasteiger partial charge in [-0.15, -0.1) is 11.8 Å². The lowest BCUT2D eigenvalue weighted by molar-refractivity contribution is 0.390. The summed E-state index contributed by atoms with van der Waals surface area (Å²) in [6, 6.07) is 11.9. The topological polar surface area (TPSA) is 32.3 Å². The van der Waals surface area contributed by atoms with Gasteiger partial charge in [-0.1, -0.05) is 24.3 Å². The summed E-state index contributed by atoms with van der Waals surface area (Å²) in [7, 11) is 0. The lowest BCUT2D eigenvalue weighted by Gasteiger charge is -2.07. The zero-order chi connectivity index (χ0) is 9.97. The summed E-state index contributed by atoms with van der Waals surface area (Å²) in [5.74, 6) is 0. The van der Waals surface area contributed by atoms with Crippen molar-refractivity contribution in [1.82, 2.24) is 0 Å². The van der Waals surface area contributed by atoms with Crippen LogP contribution in [0.5, 0.6) is 0 Å². The van der Waals surface area contributed by atoms with Crippen LogP contribution >= 0.6 is 11.8 Å². The standard InChI is InChI=1S/C11H11NOS/c1-14-11-7-3-4-8-9(11)5-2-6-10(8)12-13/h2-7,12-13H,1H3. The van der Waals surface area contributed by atoms with Gasteiger partial charge >= 0.3 is 0 Å². The second-order valence-electron chi connectivity index (χ2n) is 2.97. The molecular formula is C11H11NOS. The Balaban J connectivity index is 2.77. The van der Waals surface area contributed by atoms with Crippen LogP contribution in [0.3, 0.4) is 0 Å². The maximum Gasteiger partial charge on any atom is 0.0680 e. The Kier molecular flexibility index (Phi) is 2.61. The Hall–Kier alpha value is -1.19. The molecule has 2 rings (SSSR count). The molecule has 0 aliphatic carbocycles. The second kappa shape index (κ2) is 3.90. The molecule has 2 aromatic carbocycles. The highest BCUT2D eigenvalue weighted by molar-refractivity contribution is 7.98. The molecule has 0 amide bonds. The fraction of sp³-hybridized carbons (Fsp3) is 0.0909. The van der Waals surface area contributed by atoms with Crippen molar-refractivity contribution >= 4 is 28.2 Å². The smallest absolute Gasteiger partial charge is 0.0680 e. The average Bonchev–Trinajstić information content (AvgIpc) is 2.27. The Morgan fingerprint density at radius 3 is 2.50 bits per heavy atom. The van der Waals surface area contributed by atoms with Gasteiger partial charge in [0, 0.05) is 10.3 Å². The van der Waals surface area contributed by atoms with E-state index in [1.165, 1.54) is 10.3 Å². The molecule has 0 heterocycles. The molecule has 3 heteroatoms. The predicted molar refractivity (Wildman–Crippen MR) is 61.1 cm³/mol. The van der Waals surface area contributed by atoms with Gasteiger partial charge in [-0.25, -0.2) is 0 Å². The van der Waals surface area contributed by atoms with Crippen molar-refractivity contribution in [3.8, 4) is 0 Å². The summed E-state index contributed by atoms with van der Waals surface area (Å²) in [6.45, 7) is 0. The van der Waals surface area contributed by atoms with Crippen molar-refractivity contribution < 1.29 is 5.21 Å². The SMILES string of the molecule is CSc1cccc2c(NO)cccc12. The number of rotatable bonds is 2. The molecule has 0 aliphatic rings. The highest BCUT2D eigenvalue weighted by Gasteiger charge is 2.02. The molecule has 2 aromatic rings. The molecule has 0 bridgehead atoms. The number of benzene rings is 2. The van der Waals surface area contributed by atoms with E-state index in [-0.39, 0.29) is 0 Å². The fourth-order valence-corrected chi connectivity index (χ4v) is 2.17. The van der Waals surface area contributed by atoms with Crippen LogP contribution in [-0.2, 0) is 0 Å². The van der Waals surface area contributed by atoms with Crippen LogP contribution in [0.1, 0.15) is 0 Å². The molecule has 0 fully saturated rings. The van der Waals surface area contributed by atoms with Crippen LogP contribution in [0.4, 0.5) is 5.69 Å². The Morgan fingerprint density at radius 1 is 1.07 bits per heavy atom. The van der Waals surface area contributed by atoms with E-state index in [1.54, 1.807) is 11.8 Å². The molecule has 0 unspecified atom stereocenters. The van der Waals surface area contributed by atoms with Crippen LogP contribution in [0.25, 0.3) is 10.8 Å². The van der Waals surface area contributed by atoms with Gasteiger partial charge in [0.05, 0.1) is 5.69 Å². The van der Waals surface area contributed by atoms with Crippen molar-refractivity contribution in [3.05, 3.63) is 36.4 Å². The van der Waals surface area contributed by atoms with Crippen molar-refractivity contribution in [2.75, 3.05) is 11.7 Å². The minimum Gasteiger partial charge on any atom is -0.291 e. The molecule has 0 aromatic heterocycles. The van der Waals surface area contributed by atoms with Crippen LogP contribution in [0.15, 0.2) is 41.3 Å². The maximum atomic E-state index is 8.94. The quantitative estimate of drug-likeness (QED) is 0.582. The molecule has 2 N–H and O–H groups in total. The maximum absolute atomic E-state index is 8.94. The largest absolute Gasteiger partial charge is 0.291 e. The lowest BCUT2D eigenvalue weighted by Crippen LogP contribution is -1.90. The zero-order valence-corrected chi connectivity index (χ0v) is 8.64. The Labute approximate surface area is 86.9 Å². The van der Waals surface area contributed by atoms with Gasteiger partial charge < -0.3 is 0 Å². The van der Waals surface area contributed by atoms with Gasteiger partial charge in [0.2, 0.25) is 0 Å². The third kappa shape index (κ3) is 1.45. The number of hydrogen-bond acceptors (Lipinski definition) is 3. The van der Waals surface area contributed by atoms with Gasteiger partial charge in [-0.05, 0) is 23.8 Å². The molecule has 0 atom stereocenters. The first-order valence-corrected chi connectivity index (χ1v) is 5.55. The number of thioether (sulfide) groups is 1. The van der Waals surface area contributed by atoms with E-state index in [2.05, 4.69) is 17.6 Å². The third-order valence-corrected chi connectivity index (χ3v) is 3.02. The summed E-state index contributed by atoms with van der Waals surface area (Å²) in [6.07, 6.45) is 2.05. The van der Waals surface area contributed by atoms with Gasteiger partial charge in [0.1, 0.15) is 0 Å². The monoisotopic (exact) mass is 205 g/mol. The second-order valence-corrected chi connectivity index (χ2v) is 3.82. The number of nitrogens with one attached hydrogen (secondary N) is 1. The van der Waals surface area contributed by atoms with Crippen LogP contribution in [-0.4, -0.2) is 11.5 Å². The summed E-state index contributed by atoms with van der Waals surface area (Å²) >= 11 is 1.71. The lowest BCUT2D eigenvalue weighted by atomic mass is 10.1. The Morgan fingerprint density at radius 2 is 1.79 bits per heavy atom. The van der Waals surface area contributed by atoms with Crippen LogP contribution < -0.4 is 5.48 Å². The van der Waals surface area contributed by atoms with Gasteiger partial charge in [0.15, 0.2) is 0 Å². The Bertz CT molecular complexity index is 413. The van der Waals surface area contributed by atoms with E-state index in [1.807, 2.05) is 30.5 Å². The van der Waals surface area contributed by atoms with E-state index in [0.717, 1.165) is 11.1 Å². The van der Waals surface area contributed by atoms with Gasteiger partial charge in [-0.3, -0.25) is 10.7 Å².